The molecule has 1 heterocycles. The molecule has 0 atom stereocenters. The second-order valence-corrected chi connectivity index (χ2v) is 4.17. The van der Waals surface area contributed by atoms with Gasteiger partial charge in [-0.3, -0.25) is 0 Å². The summed E-state index contributed by atoms with van der Waals surface area (Å²) < 4.78 is 0.765. The minimum absolute atomic E-state index is 0.438. The largest absolute Gasteiger partial charge is 0.389 e. The Morgan fingerprint density at radius 1 is 1.60 bits per heavy atom. The van der Waals surface area contributed by atoms with Crippen LogP contribution in [0, 0.1) is 3.95 Å². The first-order chi connectivity index (χ1) is 4.61. The van der Waals surface area contributed by atoms with Gasteiger partial charge in [0.05, 0.1) is 5.69 Å². The predicted octanol–water partition coefficient (Wildman–Crippen LogP) is 2.51. The molecule has 0 saturated heterocycles. The number of aromatic amines is 1. The molecule has 0 fully saturated rings. The molecule has 0 unspecified atom stereocenters. The lowest BCUT2D eigenvalue weighted by Crippen LogP contribution is -1.92. The van der Waals surface area contributed by atoms with E-state index in [-0.39, 0.29) is 0 Å². The molecule has 1 rings (SSSR count). The molecule has 3 N–H and O–H groups in total. The van der Waals surface area contributed by atoms with Gasteiger partial charge in [0.1, 0.15) is 5.00 Å². The summed E-state index contributed by atoms with van der Waals surface area (Å²) in [7, 11) is 0. The quantitative estimate of drug-likeness (QED) is 0.642. The van der Waals surface area contributed by atoms with E-state index in [9.17, 15) is 0 Å². The highest BCUT2D eigenvalue weighted by molar-refractivity contribution is 7.73. The van der Waals surface area contributed by atoms with Crippen molar-refractivity contribution in [1.82, 2.24) is 4.98 Å². The van der Waals surface area contributed by atoms with Crippen molar-refractivity contribution in [3.8, 4) is 0 Å². The van der Waals surface area contributed by atoms with E-state index in [0.717, 1.165) is 14.6 Å². The number of nitrogen functional groups attached to an aromatic ring is 1. The number of hydrogen-bond donors (Lipinski definition) is 2. The number of nitrogens with one attached hydrogen (secondary N) is 1. The molecule has 0 radical (unpaired) electrons. The van der Waals surface area contributed by atoms with Crippen LogP contribution in [0.3, 0.4) is 0 Å². The Bertz CT molecular complexity index is 272. The molecule has 4 heteroatoms. The van der Waals surface area contributed by atoms with Crippen LogP contribution in [0.4, 0.5) is 5.00 Å². The third kappa shape index (κ3) is 1.38. The average molecular weight is 174 g/mol. The Morgan fingerprint density at radius 2 is 2.20 bits per heavy atom. The smallest absolute Gasteiger partial charge is 0.160 e. The zero-order valence-corrected chi connectivity index (χ0v) is 7.60. The van der Waals surface area contributed by atoms with Crippen molar-refractivity contribution in [1.29, 1.82) is 0 Å². The van der Waals surface area contributed by atoms with Crippen molar-refractivity contribution >= 4 is 28.6 Å². The van der Waals surface area contributed by atoms with Crippen LogP contribution in [-0.2, 0) is 0 Å². The van der Waals surface area contributed by atoms with Gasteiger partial charge in [0.25, 0.3) is 0 Å². The predicted molar refractivity (Wildman–Crippen MR) is 48.0 cm³/mol. The van der Waals surface area contributed by atoms with Crippen molar-refractivity contribution in [2.75, 3.05) is 5.73 Å². The van der Waals surface area contributed by atoms with Crippen molar-refractivity contribution in [2.24, 2.45) is 0 Å². The molecular weight excluding hydrogens is 164 g/mol. The fourth-order valence-electron chi connectivity index (χ4n) is 0.781. The molecule has 0 aromatic carbocycles. The van der Waals surface area contributed by atoms with E-state index in [1.54, 1.807) is 0 Å². The van der Waals surface area contributed by atoms with E-state index >= 15 is 0 Å². The van der Waals surface area contributed by atoms with Crippen LogP contribution in [0.15, 0.2) is 0 Å². The van der Waals surface area contributed by atoms with E-state index in [0.29, 0.717) is 5.92 Å². The zero-order chi connectivity index (χ0) is 7.72. The summed E-state index contributed by atoms with van der Waals surface area (Å²) in [6.45, 7) is 4.17. The Labute approximate surface area is 69.1 Å². The zero-order valence-electron chi connectivity index (χ0n) is 5.97. The topological polar surface area (TPSA) is 41.8 Å². The Balaban J connectivity index is 3.15. The summed E-state index contributed by atoms with van der Waals surface area (Å²) in [5.41, 5.74) is 6.73. The molecule has 0 aliphatic carbocycles. The van der Waals surface area contributed by atoms with Gasteiger partial charge >= 0.3 is 0 Å². The second-order valence-electron chi connectivity index (χ2n) is 2.45. The van der Waals surface area contributed by atoms with Gasteiger partial charge in [-0.15, -0.1) is 0 Å². The van der Waals surface area contributed by atoms with Crippen LogP contribution in [0.5, 0.6) is 0 Å². The molecule has 0 aliphatic heterocycles. The van der Waals surface area contributed by atoms with Gasteiger partial charge in [0, 0.05) is 0 Å². The van der Waals surface area contributed by atoms with Crippen molar-refractivity contribution in [3.63, 3.8) is 0 Å². The maximum absolute atomic E-state index is 5.66. The van der Waals surface area contributed by atoms with E-state index in [4.69, 9.17) is 18.0 Å². The molecule has 56 valence electrons. The Morgan fingerprint density at radius 3 is 2.40 bits per heavy atom. The summed E-state index contributed by atoms with van der Waals surface area (Å²) in [5, 5.41) is 0.819. The highest BCUT2D eigenvalue weighted by atomic mass is 32.1. The summed E-state index contributed by atoms with van der Waals surface area (Å²) in [5.74, 6) is 0.438. The number of rotatable bonds is 1. The van der Waals surface area contributed by atoms with Crippen molar-refractivity contribution in [3.05, 3.63) is 9.65 Å². The SMILES string of the molecule is CC(C)c1[nH]c(=S)sc1N. The third-order valence-corrected chi connectivity index (χ3v) is 2.36. The minimum atomic E-state index is 0.438. The van der Waals surface area contributed by atoms with Crippen LogP contribution < -0.4 is 5.73 Å². The molecule has 0 aliphatic rings. The summed E-state index contributed by atoms with van der Waals surface area (Å²) in [4.78, 5) is 3.05. The highest BCUT2D eigenvalue weighted by Gasteiger charge is 2.05. The first-order valence-electron chi connectivity index (χ1n) is 3.09. The standard InChI is InChI=1S/C6H10N2S2/c1-3(2)4-5(7)10-6(9)8-4/h3H,7H2,1-2H3,(H,8,9). The lowest BCUT2D eigenvalue weighted by molar-refractivity contribution is 0.834. The lowest BCUT2D eigenvalue weighted by atomic mass is 10.1. The van der Waals surface area contributed by atoms with Gasteiger partial charge in [0.2, 0.25) is 0 Å². The lowest BCUT2D eigenvalue weighted by Gasteiger charge is -2.00. The Hall–Kier alpha value is -0.350. The Kier molecular flexibility index (Phi) is 2.11. The molecule has 0 bridgehead atoms. The summed E-state index contributed by atoms with van der Waals surface area (Å²) in [6.07, 6.45) is 0. The fourth-order valence-corrected chi connectivity index (χ4v) is 1.92. The van der Waals surface area contributed by atoms with Crippen LogP contribution in [0.1, 0.15) is 25.5 Å². The van der Waals surface area contributed by atoms with Crippen molar-refractivity contribution in [2.45, 2.75) is 19.8 Å². The van der Waals surface area contributed by atoms with Gasteiger partial charge < -0.3 is 10.7 Å². The van der Waals surface area contributed by atoms with Crippen LogP contribution >= 0.6 is 23.6 Å². The summed E-state index contributed by atoms with van der Waals surface area (Å²) >= 11 is 6.36. The third-order valence-electron chi connectivity index (χ3n) is 1.28. The molecular formula is C6H10N2S2. The number of thiazole rings is 1. The maximum Gasteiger partial charge on any atom is 0.160 e. The van der Waals surface area contributed by atoms with Crippen LogP contribution in [0.25, 0.3) is 0 Å². The van der Waals surface area contributed by atoms with Gasteiger partial charge in [0.15, 0.2) is 3.95 Å². The van der Waals surface area contributed by atoms with Crippen molar-refractivity contribution < 1.29 is 0 Å². The van der Waals surface area contributed by atoms with Gasteiger partial charge in [-0.25, -0.2) is 0 Å². The average Bonchev–Trinajstić information content (AvgIpc) is 2.10. The number of anilines is 1. The molecule has 0 spiro atoms. The van der Waals surface area contributed by atoms with E-state index < -0.39 is 0 Å². The normalized spacial score (nSPS) is 10.7. The van der Waals surface area contributed by atoms with E-state index in [1.165, 1.54) is 11.3 Å². The number of H-pyrrole nitrogens is 1. The van der Waals surface area contributed by atoms with Crippen LogP contribution in [0.2, 0.25) is 0 Å². The van der Waals surface area contributed by atoms with E-state index in [1.807, 2.05) is 0 Å². The molecule has 2 nitrogen and oxygen atoms in total. The maximum atomic E-state index is 5.66. The first kappa shape index (κ1) is 7.75. The fraction of sp³-hybridized carbons (Fsp3) is 0.500. The molecule has 10 heavy (non-hydrogen) atoms. The minimum Gasteiger partial charge on any atom is -0.389 e. The number of nitrogens with two attached hydrogens (primary N) is 1. The monoisotopic (exact) mass is 174 g/mol. The molecule has 1 aromatic heterocycles. The van der Waals surface area contributed by atoms with Gasteiger partial charge in [-0.05, 0) is 18.1 Å². The second kappa shape index (κ2) is 2.72. The molecule has 1 aromatic rings. The molecule has 0 amide bonds. The first-order valence-corrected chi connectivity index (χ1v) is 4.32. The number of aromatic nitrogens is 1. The molecule has 0 saturated carbocycles. The van der Waals surface area contributed by atoms with Gasteiger partial charge in [-0.1, -0.05) is 25.2 Å². The number of hydrogen-bond acceptors (Lipinski definition) is 3. The highest BCUT2D eigenvalue weighted by Crippen LogP contribution is 2.24. The van der Waals surface area contributed by atoms with E-state index in [2.05, 4.69) is 18.8 Å². The van der Waals surface area contributed by atoms with Gasteiger partial charge in [-0.2, -0.15) is 0 Å². The summed E-state index contributed by atoms with van der Waals surface area (Å²) in [6, 6.07) is 0. The van der Waals surface area contributed by atoms with Crippen LogP contribution in [-0.4, -0.2) is 4.98 Å².